The second kappa shape index (κ2) is 7.12. The van der Waals surface area contributed by atoms with Crippen molar-refractivity contribution in [3.05, 3.63) is 66.9 Å². The van der Waals surface area contributed by atoms with Gasteiger partial charge in [-0.25, -0.2) is 0 Å². The molecule has 3 amide bonds. The monoisotopic (exact) mass is 428 g/mol. The highest BCUT2D eigenvalue weighted by Crippen LogP contribution is 2.54. The lowest BCUT2D eigenvalue weighted by Crippen LogP contribution is -2.38. The molecule has 6 rings (SSSR count). The summed E-state index contributed by atoms with van der Waals surface area (Å²) in [7, 11) is 0. The second-order valence-electron chi connectivity index (χ2n) is 8.59. The molecule has 1 saturated heterocycles. The van der Waals surface area contributed by atoms with E-state index < -0.39 is 6.04 Å². The van der Waals surface area contributed by atoms with Crippen molar-refractivity contribution in [2.75, 3.05) is 5.32 Å². The quantitative estimate of drug-likeness (QED) is 0.495. The Balaban J connectivity index is 1.26. The standard InChI is InChI=1S/C24H20N4O4/c29-20(27-15-5-6-16-17(11-15)26-8-7-25-16)12-18(19-2-1-9-32-19)28-23(30)21-13-3-4-14(10-13)22(21)24(28)31/h1-9,11,13-14,18,21-22H,10,12H2,(H,27,29). The van der Waals surface area contributed by atoms with Gasteiger partial charge in [0.1, 0.15) is 11.8 Å². The lowest BCUT2D eigenvalue weighted by atomic mass is 9.85. The van der Waals surface area contributed by atoms with E-state index in [1.54, 1.807) is 42.7 Å². The number of nitrogens with zero attached hydrogens (tertiary/aromatic N) is 3. The molecule has 2 aromatic heterocycles. The average Bonchev–Trinajstić information content (AvgIpc) is 3.58. The molecule has 3 aromatic rings. The molecule has 2 fully saturated rings. The van der Waals surface area contributed by atoms with Crippen LogP contribution in [0.4, 0.5) is 5.69 Å². The minimum absolute atomic E-state index is 0.0916. The van der Waals surface area contributed by atoms with Gasteiger partial charge < -0.3 is 9.73 Å². The predicted octanol–water partition coefficient (Wildman–Crippen LogP) is 3.10. The first kappa shape index (κ1) is 18.9. The van der Waals surface area contributed by atoms with Crippen LogP contribution in [-0.2, 0) is 14.4 Å². The number of likely N-dealkylation sites (tertiary alicyclic amines) is 1. The number of aromatic nitrogens is 2. The van der Waals surface area contributed by atoms with Gasteiger partial charge in [-0.2, -0.15) is 0 Å². The van der Waals surface area contributed by atoms with Crippen LogP contribution in [0.2, 0.25) is 0 Å². The topological polar surface area (TPSA) is 105 Å². The normalized spacial score (nSPS) is 26.7. The Bertz CT molecular complexity index is 1240. The molecular weight excluding hydrogens is 408 g/mol. The number of hydrogen-bond acceptors (Lipinski definition) is 6. The van der Waals surface area contributed by atoms with Crippen molar-refractivity contribution < 1.29 is 18.8 Å². The highest BCUT2D eigenvalue weighted by atomic mass is 16.3. The van der Waals surface area contributed by atoms with Gasteiger partial charge in [-0.3, -0.25) is 29.3 Å². The van der Waals surface area contributed by atoms with Crippen LogP contribution < -0.4 is 5.32 Å². The third kappa shape index (κ3) is 2.86. The van der Waals surface area contributed by atoms with E-state index >= 15 is 0 Å². The van der Waals surface area contributed by atoms with E-state index in [1.807, 2.05) is 0 Å². The number of anilines is 1. The molecule has 0 radical (unpaired) electrons. The van der Waals surface area contributed by atoms with Crippen molar-refractivity contribution in [3.8, 4) is 0 Å². The number of allylic oxidation sites excluding steroid dienone is 2. The molecule has 5 unspecified atom stereocenters. The summed E-state index contributed by atoms with van der Waals surface area (Å²) in [5.41, 5.74) is 1.95. The Morgan fingerprint density at radius 1 is 1.06 bits per heavy atom. The number of rotatable bonds is 5. The van der Waals surface area contributed by atoms with E-state index in [9.17, 15) is 14.4 Å². The van der Waals surface area contributed by atoms with Crippen LogP contribution in [0.3, 0.4) is 0 Å². The predicted molar refractivity (Wildman–Crippen MR) is 114 cm³/mol. The summed E-state index contributed by atoms with van der Waals surface area (Å²) >= 11 is 0. The van der Waals surface area contributed by atoms with Crippen LogP contribution in [0.15, 0.2) is 65.6 Å². The molecule has 3 heterocycles. The van der Waals surface area contributed by atoms with E-state index in [-0.39, 0.29) is 47.8 Å². The fourth-order valence-electron chi connectivity index (χ4n) is 5.46. The zero-order valence-corrected chi connectivity index (χ0v) is 17.0. The van der Waals surface area contributed by atoms with Crippen LogP contribution in [0.25, 0.3) is 11.0 Å². The minimum atomic E-state index is -0.782. The van der Waals surface area contributed by atoms with Crippen molar-refractivity contribution in [1.82, 2.24) is 14.9 Å². The summed E-state index contributed by atoms with van der Waals surface area (Å²) in [5, 5.41) is 2.85. The number of amides is 3. The fourth-order valence-corrected chi connectivity index (χ4v) is 5.46. The van der Waals surface area contributed by atoms with Gasteiger partial charge in [-0.05, 0) is 48.6 Å². The smallest absolute Gasteiger partial charge is 0.234 e. The van der Waals surface area contributed by atoms with E-state index in [0.717, 1.165) is 11.9 Å². The van der Waals surface area contributed by atoms with Gasteiger partial charge in [0.2, 0.25) is 17.7 Å². The summed E-state index contributed by atoms with van der Waals surface area (Å²) in [6.07, 6.45) is 9.55. The molecule has 8 nitrogen and oxygen atoms in total. The van der Waals surface area contributed by atoms with Gasteiger partial charge in [-0.15, -0.1) is 0 Å². The first-order chi connectivity index (χ1) is 15.6. The number of benzene rings is 1. The fraction of sp³-hybridized carbons (Fsp3) is 0.292. The molecular formula is C24H20N4O4. The van der Waals surface area contributed by atoms with E-state index in [4.69, 9.17) is 4.42 Å². The summed E-state index contributed by atoms with van der Waals surface area (Å²) in [4.78, 5) is 49.3. The van der Waals surface area contributed by atoms with Crippen LogP contribution >= 0.6 is 0 Å². The highest BCUT2D eigenvalue weighted by Gasteiger charge is 2.60. The first-order valence-corrected chi connectivity index (χ1v) is 10.7. The molecule has 0 spiro atoms. The zero-order valence-electron chi connectivity index (χ0n) is 17.0. The largest absolute Gasteiger partial charge is 0.467 e. The molecule has 2 aliphatic carbocycles. The third-order valence-corrected chi connectivity index (χ3v) is 6.82. The molecule has 5 atom stereocenters. The van der Waals surface area contributed by atoms with Gasteiger partial charge in [-0.1, -0.05) is 12.2 Å². The van der Waals surface area contributed by atoms with Crippen molar-refractivity contribution >= 4 is 34.4 Å². The Morgan fingerprint density at radius 2 is 1.78 bits per heavy atom. The number of nitrogens with one attached hydrogen (secondary N) is 1. The van der Waals surface area contributed by atoms with Crippen molar-refractivity contribution in [2.24, 2.45) is 23.7 Å². The highest BCUT2D eigenvalue weighted by molar-refractivity contribution is 6.07. The van der Waals surface area contributed by atoms with Crippen molar-refractivity contribution in [1.29, 1.82) is 0 Å². The summed E-state index contributed by atoms with van der Waals surface area (Å²) in [6.45, 7) is 0. The van der Waals surface area contributed by atoms with Crippen LogP contribution in [0.5, 0.6) is 0 Å². The molecule has 1 aromatic carbocycles. The maximum atomic E-state index is 13.3. The average molecular weight is 428 g/mol. The Labute approximate surface area is 183 Å². The SMILES string of the molecule is O=C(CC(c1ccco1)N1C(=O)C2C3C=CC(C3)C2C1=O)Nc1ccc2nccnc2c1. The molecule has 1 saturated carbocycles. The number of carbonyl (C=O) groups is 3. The molecule has 32 heavy (non-hydrogen) atoms. The van der Waals surface area contributed by atoms with Crippen molar-refractivity contribution in [2.45, 2.75) is 18.9 Å². The summed E-state index contributed by atoms with van der Waals surface area (Å²) in [6, 6.07) is 7.87. The first-order valence-electron chi connectivity index (χ1n) is 10.7. The van der Waals surface area contributed by atoms with Crippen LogP contribution in [-0.4, -0.2) is 32.6 Å². The van der Waals surface area contributed by atoms with Crippen LogP contribution in [0.1, 0.15) is 24.6 Å². The summed E-state index contributed by atoms with van der Waals surface area (Å²) < 4.78 is 5.54. The van der Waals surface area contributed by atoms with Crippen LogP contribution in [0, 0.1) is 23.7 Å². The van der Waals surface area contributed by atoms with Gasteiger partial charge in [0, 0.05) is 18.1 Å². The molecule has 2 bridgehead atoms. The lowest BCUT2D eigenvalue weighted by Gasteiger charge is -2.26. The van der Waals surface area contributed by atoms with Gasteiger partial charge in [0.15, 0.2) is 0 Å². The lowest BCUT2D eigenvalue weighted by molar-refractivity contribution is -0.144. The number of hydrogen-bond donors (Lipinski definition) is 1. The van der Waals surface area contributed by atoms with Gasteiger partial charge >= 0.3 is 0 Å². The van der Waals surface area contributed by atoms with E-state index in [1.165, 1.54) is 11.2 Å². The number of furan rings is 1. The van der Waals surface area contributed by atoms with E-state index in [2.05, 4.69) is 27.4 Å². The van der Waals surface area contributed by atoms with E-state index in [0.29, 0.717) is 17.0 Å². The summed E-state index contributed by atoms with van der Waals surface area (Å²) in [5.74, 6) is -0.736. The third-order valence-electron chi connectivity index (χ3n) is 6.82. The molecule has 1 aliphatic heterocycles. The molecule has 3 aliphatic rings. The number of carbonyl (C=O) groups excluding carboxylic acids is 3. The maximum absolute atomic E-state index is 13.3. The van der Waals surface area contributed by atoms with Gasteiger partial charge in [0.25, 0.3) is 0 Å². The Kier molecular flexibility index (Phi) is 4.21. The Morgan fingerprint density at radius 3 is 2.47 bits per heavy atom. The second-order valence-corrected chi connectivity index (χ2v) is 8.59. The van der Waals surface area contributed by atoms with Crippen molar-refractivity contribution in [3.63, 3.8) is 0 Å². The zero-order chi connectivity index (χ0) is 21.8. The molecule has 8 heteroatoms. The number of fused-ring (bicyclic) bond motifs is 6. The minimum Gasteiger partial charge on any atom is -0.467 e. The molecule has 160 valence electrons. The maximum Gasteiger partial charge on any atom is 0.234 e. The Hall–Kier alpha value is -3.81. The van der Waals surface area contributed by atoms with Gasteiger partial charge in [0.05, 0.1) is 35.6 Å². The molecule has 1 N–H and O–H groups in total. The number of imide groups is 1.